The van der Waals surface area contributed by atoms with Crippen LogP contribution in [0.1, 0.15) is 34.8 Å². The highest BCUT2D eigenvalue weighted by Gasteiger charge is 2.26. The molecular weight excluding hydrogens is 434 g/mol. The molecule has 3 N–H and O–H groups in total. The molecule has 1 aliphatic heterocycles. The molecule has 1 fully saturated rings. The lowest BCUT2D eigenvalue weighted by Gasteiger charge is -2.29. The first-order valence-electron chi connectivity index (χ1n) is 10.4. The van der Waals surface area contributed by atoms with Crippen molar-refractivity contribution in [2.45, 2.75) is 18.9 Å². The molecule has 2 amide bonds. The molecule has 0 bridgehead atoms. The Morgan fingerprint density at radius 1 is 1.12 bits per heavy atom. The quantitative estimate of drug-likeness (QED) is 0.564. The van der Waals surface area contributed by atoms with Crippen molar-refractivity contribution in [1.29, 1.82) is 0 Å². The Bertz CT molecular complexity index is 937. The fraction of sp³-hybridized carbons (Fsp3) is 0.391. The fourth-order valence-electron chi connectivity index (χ4n) is 3.82. The lowest BCUT2D eigenvalue weighted by molar-refractivity contribution is -0.120. The molecule has 1 unspecified atom stereocenters. The van der Waals surface area contributed by atoms with Crippen molar-refractivity contribution >= 4 is 23.4 Å². The summed E-state index contributed by atoms with van der Waals surface area (Å²) in [7, 11) is 2.88. The Hall–Kier alpha value is -2.97. The summed E-state index contributed by atoms with van der Waals surface area (Å²) in [6.07, 6.45) is 2.24. The maximum Gasteiger partial charge on any atom is 0.255 e. The van der Waals surface area contributed by atoms with E-state index in [1.165, 1.54) is 26.4 Å². The first-order chi connectivity index (χ1) is 15.4. The average molecular weight is 462 g/mol. The molecule has 2 aromatic carbocycles. The summed E-state index contributed by atoms with van der Waals surface area (Å²) in [5.74, 6) is -0.199. The number of methoxy groups -OCH3 is 2. The summed E-state index contributed by atoms with van der Waals surface area (Å²) in [6, 6.07) is 10.7. The van der Waals surface area contributed by atoms with Gasteiger partial charge in [0.2, 0.25) is 5.75 Å². The molecule has 172 valence electrons. The molecule has 2 aromatic rings. The summed E-state index contributed by atoms with van der Waals surface area (Å²) in [5, 5.41) is 3.69. The highest BCUT2D eigenvalue weighted by atomic mass is 35.5. The van der Waals surface area contributed by atoms with Gasteiger partial charge in [0.1, 0.15) is 0 Å². The Morgan fingerprint density at radius 3 is 2.31 bits per heavy atom. The SMILES string of the molecule is COc1cc(C(=O)NCC(c2ccccc2Cl)N2CCCC2)cc(OC)c1OCC(N)=O. The van der Waals surface area contributed by atoms with E-state index in [-0.39, 0.29) is 35.8 Å². The van der Waals surface area contributed by atoms with Crippen LogP contribution in [0.4, 0.5) is 0 Å². The van der Waals surface area contributed by atoms with Crippen LogP contribution in [0.3, 0.4) is 0 Å². The van der Waals surface area contributed by atoms with Gasteiger partial charge < -0.3 is 25.3 Å². The molecule has 1 heterocycles. The van der Waals surface area contributed by atoms with Crippen LogP contribution in [0.5, 0.6) is 17.2 Å². The van der Waals surface area contributed by atoms with Crippen molar-refractivity contribution in [1.82, 2.24) is 10.2 Å². The van der Waals surface area contributed by atoms with E-state index in [2.05, 4.69) is 10.2 Å². The van der Waals surface area contributed by atoms with E-state index in [1.54, 1.807) is 0 Å². The highest BCUT2D eigenvalue weighted by Crippen LogP contribution is 2.38. The van der Waals surface area contributed by atoms with Crippen molar-refractivity contribution in [3.05, 3.63) is 52.5 Å². The van der Waals surface area contributed by atoms with Crippen LogP contribution in [0, 0.1) is 0 Å². The standard InChI is InChI=1S/C23H28ClN3O5/c1-30-19-11-15(12-20(31-2)22(19)32-14-21(25)28)23(29)26-13-18(27-9-5-6-10-27)16-7-3-4-8-17(16)24/h3-4,7-8,11-12,18H,5-6,9-10,13-14H2,1-2H3,(H2,25,28)(H,26,29). The maximum atomic E-state index is 13.0. The molecule has 0 saturated carbocycles. The topological polar surface area (TPSA) is 103 Å². The van der Waals surface area contributed by atoms with Crippen molar-refractivity contribution in [3.8, 4) is 17.2 Å². The third kappa shape index (κ3) is 5.63. The number of nitrogens with zero attached hydrogens (tertiary/aromatic N) is 1. The molecule has 0 aliphatic carbocycles. The number of halogens is 1. The van der Waals surface area contributed by atoms with Crippen LogP contribution in [0.15, 0.2) is 36.4 Å². The van der Waals surface area contributed by atoms with E-state index in [0.717, 1.165) is 31.5 Å². The van der Waals surface area contributed by atoms with Gasteiger partial charge in [0.15, 0.2) is 18.1 Å². The van der Waals surface area contributed by atoms with Gasteiger partial charge >= 0.3 is 0 Å². The van der Waals surface area contributed by atoms with Gasteiger partial charge in [0.05, 0.1) is 20.3 Å². The summed E-state index contributed by atoms with van der Waals surface area (Å²) in [6.45, 7) is 1.97. The molecule has 0 spiro atoms. The Balaban J connectivity index is 1.80. The van der Waals surface area contributed by atoms with Crippen LogP contribution in [-0.4, -0.2) is 57.2 Å². The molecular formula is C23H28ClN3O5. The number of nitrogens with two attached hydrogens (primary N) is 1. The second kappa shape index (κ2) is 11.1. The smallest absolute Gasteiger partial charge is 0.255 e. The van der Waals surface area contributed by atoms with Crippen LogP contribution in [0.2, 0.25) is 5.02 Å². The molecule has 8 nitrogen and oxygen atoms in total. The molecule has 1 saturated heterocycles. The van der Waals surface area contributed by atoms with Crippen molar-refractivity contribution in [3.63, 3.8) is 0 Å². The lowest BCUT2D eigenvalue weighted by atomic mass is 10.0. The van der Waals surface area contributed by atoms with E-state index >= 15 is 0 Å². The van der Waals surface area contributed by atoms with Gasteiger partial charge in [-0.15, -0.1) is 0 Å². The van der Waals surface area contributed by atoms with Crippen molar-refractivity contribution in [2.24, 2.45) is 5.73 Å². The van der Waals surface area contributed by atoms with E-state index in [4.69, 9.17) is 31.5 Å². The number of likely N-dealkylation sites (tertiary alicyclic amines) is 1. The number of hydrogen-bond donors (Lipinski definition) is 2. The first-order valence-corrected chi connectivity index (χ1v) is 10.8. The van der Waals surface area contributed by atoms with Crippen molar-refractivity contribution in [2.75, 3.05) is 40.5 Å². The molecule has 0 radical (unpaired) electrons. The van der Waals surface area contributed by atoms with Gasteiger partial charge in [-0.1, -0.05) is 29.8 Å². The molecule has 32 heavy (non-hydrogen) atoms. The van der Waals surface area contributed by atoms with Crippen LogP contribution >= 0.6 is 11.6 Å². The molecule has 0 aromatic heterocycles. The van der Waals surface area contributed by atoms with Gasteiger partial charge in [-0.25, -0.2) is 0 Å². The van der Waals surface area contributed by atoms with Crippen LogP contribution in [0.25, 0.3) is 0 Å². The summed E-state index contributed by atoms with van der Waals surface area (Å²) in [4.78, 5) is 26.4. The number of primary amides is 1. The van der Waals surface area contributed by atoms with E-state index in [9.17, 15) is 9.59 Å². The second-order valence-corrected chi connectivity index (χ2v) is 7.86. The van der Waals surface area contributed by atoms with Gasteiger partial charge in [0.25, 0.3) is 11.8 Å². The van der Waals surface area contributed by atoms with Gasteiger partial charge in [-0.05, 0) is 49.7 Å². The minimum absolute atomic E-state index is 0.0304. The third-order valence-corrected chi connectivity index (χ3v) is 5.73. The molecule has 1 aliphatic rings. The number of carbonyl (C=O) groups excluding carboxylic acids is 2. The number of benzene rings is 2. The normalized spacial score (nSPS) is 14.6. The Labute approximate surface area is 192 Å². The predicted molar refractivity (Wildman–Crippen MR) is 122 cm³/mol. The zero-order valence-corrected chi connectivity index (χ0v) is 19.0. The second-order valence-electron chi connectivity index (χ2n) is 7.46. The average Bonchev–Trinajstić information content (AvgIpc) is 3.32. The number of amides is 2. The predicted octanol–water partition coefficient (Wildman–Crippen LogP) is 2.79. The van der Waals surface area contributed by atoms with E-state index in [1.807, 2.05) is 24.3 Å². The monoisotopic (exact) mass is 461 g/mol. The van der Waals surface area contributed by atoms with E-state index in [0.29, 0.717) is 17.1 Å². The van der Waals surface area contributed by atoms with Crippen molar-refractivity contribution < 1.29 is 23.8 Å². The van der Waals surface area contributed by atoms with E-state index < -0.39 is 5.91 Å². The minimum Gasteiger partial charge on any atom is -0.493 e. The Kier molecular flexibility index (Phi) is 8.19. The largest absolute Gasteiger partial charge is 0.493 e. The number of rotatable bonds is 10. The summed E-state index contributed by atoms with van der Waals surface area (Å²) in [5.41, 5.74) is 6.48. The zero-order valence-electron chi connectivity index (χ0n) is 18.2. The van der Waals surface area contributed by atoms with Gasteiger partial charge in [-0.3, -0.25) is 14.5 Å². The summed E-state index contributed by atoms with van der Waals surface area (Å²) >= 11 is 6.46. The zero-order chi connectivity index (χ0) is 23.1. The number of hydrogen-bond acceptors (Lipinski definition) is 6. The van der Waals surface area contributed by atoms with Gasteiger partial charge in [0, 0.05) is 17.1 Å². The number of carbonyl (C=O) groups is 2. The lowest BCUT2D eigenvalue weighted by Crippen LogP contribution is -2.37. The first kappa shape index (κ1) is 23.7. The van der Waals surface area contributed by atoms with Crippen LogP contribution < -0.4 is 25.3 Å². The number of ether oxygens (including phenoxy) is 3. The minimum atomic E-state index is -0.636. The van der Waals surface area contributed by atoms with Gasteiger partial charge in [-0.2, -0.15) is 0 Å². The third-order valence-electron chi connectivity index (χ3n) is 5.38. The van der Waals surface area contributed by atoms with Crippen LogP contribution in [-0.2, 0) is 4.79 Å². The highest BCUT2D eigenvalue weighted by molar-refractivity contribution is 6.31. The summed E-state index contributed by atoms with van der Waals surface area (Å²) < 4.78 is 16.1. The fourth-order valence-corrected chi connectivity index (χ4v) is 4.08. The molecule has 3 rings (SSSR count). The number of nitrogens with one attached hydrogen (secondary N) is 1. The Morgan fingerprint density at radius 2 is 1.75 bits per heavy atom. The molecule has 9 heteroatoms. The maximum absolute atomic E-state index is 13.0. The molecule has 1 atom stereocenters.